The first-order valence-corrected chi connectivity index (χ1v) is 4.09. The summed E-state index contributed by atoms with van der Waals surface area (Å²) < 4.78 is 0. The molecule has 0 saturated carbocycles. The van der Waals surface area contributed by atoms with E-state index in [1.54, 1.807) is 12.2 Å². The molecule has 1 nitrogen and oxygen atoms in total. The van der Waals surface area contributed by atoms with Gasteiger partial charge in [-0.25, -0.2) is 0 Å². The van der Waals surface area contributed by atoms with Crippen molar-refractivity contribution in [1.29, 1.82) is 0 Å². The van der Waals surface area contributed by atoms with Gasteiger partial charge in [0.1, 0.15) is 0 Å². The molecule has 1 atom stereocenters. The van der Waals surface area contributed by atoms with E-state index in [0.29, 0.717) is 5.92 Å². The number of hydrogen-bond donors (Lipinski definition) is 0. The highest BCUT2D eigenvalue weighted by Crippen LogP contribution is 2.14. The van der Waals surface area contributed by atoms with Gasteiger partial charge in [-0.15, -0.1) is 0 Å². The predicted molar refractivity (Wildman–Crippen MR) is 52.9 cm³/mol. The molecule has 0 aromatic heterocycles. The lowest BCUT2D eigenvalue weighted by Crippen LogP contribution is -2.15. The zero-order valence-electron chi connectivity index (χ0n) is 7.79. The lowest BCUT2D eigenvalue weighted by atomic mass is 9.91. The van der Waals surface area contributed by atoms with Crippen LogP contribution in [0.25, 0.3) is 0 Å². The molecule has 0 amide bonds. The fourth-order valence-electron chi connectivity index (χ4n) is 0.980. The smallest absolute Gasteiger partial charge is 0.162 e. The molecule has 0 N–H and O–H groups in total. The van der Waals surface area contributed by atoms with E-state index in [9.17, 15) is 4.79 Å². The van der Waals surface area contributed by atoms with Gasteiger partial charge in [0.15, 0.2) is 5.78 Å². The molecule has 0 saturated heterocycles. The summed E-state index contributed by atoms with van der Waals surface area (Å²) in [6, 6.07) is 0. The number of ketones is 1. The zero-order chi connectivity index (χ0) is 9.56. The van der Waals surface area contributed by atoms with E-state index in [1.165, 1.54) is 6.08 Å². The van der Waals surface area contributed by atoms with Crippen molar-refractivity contribution in [3.8, 4) is 0 Å². The van der Waals surface area contributed by atoms with Crippen LogP contribution in [-0.4, -0.2) is 5.78 Å². The third-order valence-electron chi connectivity index (χ3n) is 1.70. The van der Waals surface area contributed by atoms with E-state index in [2.05, 4.69) is 13.2 Å². The van der Waals surface area contributed by atoms with Gasteiger partial charge in [-0.1, -0.05) is 45.2 Å². The highest BCUT2D eigenvalue weighted by molar-refractivity contribution is 5.92. The molecular weight excluding hydrogens is 148 g/mol. The van der Waals surface area contributed by atoms with Crippen LogP contribution in [0.15, 0.2) is 37.5 Å². The Morgan fingerprint density at radius 1 is 1.33 bits per heavy atom. The van der Waals surface area contributed by atoms with E-state index in [4.69, 9.17) is 0 Å². The Hall–Kier alpha value is -1.11. The Morgan fingerprint density at radius 3 is 2.25 bits per heavy atom. The maximum absolute atomic E-state index is 11.3. The van der Waals surface area contributed by atoms with Gasteiger partial charge >= 0.3 is 0 Å². The van der Waals surface area contributed by atoms with Crippen molar-refractivity contribution >= 4 is 5.78 Å². The molecule has 0 aliphatic carbocycles. The molecule has 0 aromatic rings. The highest BCUT2D eigenvalue weighted by atomic mass is 16.1. The molecule has 0 radical (unpaired) electrons. The average molecular weight is 164 g/mol. The monoisotopic (exact) mass is 164 g/mol. The lowest BCUT2D eigenvalue weighted by Gasteiger charge is -2.12. The van der Waals surface area contributed by atoms with E-state index in [0.717, 1.165) is 0 Å². The van der Waals surface area contributed by atoms with Crippen molar-refractivity contribution in [3.63, 3.8) is 0 Å². The molecule has 0 rings (SSSR count). The number of allylic oxidation sites excluding steroid dienone is 4. The van der Waals surface area contributed by atoms with Gasteiger partial charge in [-0.3, -0.25) is 4.79 Å². The van der Waals surface area contributed by atoms with Crippen molar-refractivity contribution < 1.29 is 4.79 Å². The second-order valence-electron chi connectivity index (χ2n) is 3.00. The fraction of sp³-hybridized carbons (Fsp3) is 0.364. The third kappa shape index (κ3) is 3.33. The summed E-state index contributed by atoms with van der Waals surface area (Å²) in [4.78, 5) is 11.3. The molecule has 1 heteroatoms. The highest BCUT2D eigenvalue weighted by Gasteiger charge is 2.15. The van der Waals surface area contributed by atoms with Crippen molar-refractivity contribution in [1.82, 2.24) is 0 Å². The first kappa shape index (κ1) is 10.9. The van der Waals surface area contributed by atoms with E-state index >= 15 is 0 Å². The molecule has 12 heavy (non-hydrogen) atoms. The number of carbonyl (C=O) groups excluding carboxylic acids is 1. The summed E-state index contributed by atoms with van der Waals surface area (Å²) in [6.45, 7) is 11.0. The van der Waals surface area contributed by atoms with Crippen molar-refractivity contribution in [2.24, 2.45) is 11.8 Å². The van der Waals surface area contributed by atoms with Gasteiger partial charge in [0.05, 0.1) is 0 Å². The van der Waals surface area contributed by atoms with Crippen molar-refractivity contribution in [3.05, 3.63) is 37.5 Å². The molecule has 0 aliphatic rings. The first-order valence-electron chi connectivity index (χ1n) is 4.09. The van der Waals surface area contributed by atoms with Crippen LogP contribution in [0.4, 0.5) is 0 Å². The maximum Gasteiger partial charge on any atom is 0.162 e. The summed E-state index contributed by atoms with van der Waals surface area (Å²) in [5.74, 6) is 0.329. The van der Waals surface area contributed by atoms with Gasteiger partial charge < -0.3 is 0 Å². The normalized spacial score (nSPS) is 13.2. The number of hydrogen-bond acceptors (Lipinski definition) is 1. The largest absolute Gasteiger partial charge is 0.294 e. The summed E-state index contributed by atoms with van der Waals surface area (Å²) in [6.07, 6.45) is 6.71. The van der Waals surface area contributed by atoms with E-state index < -0.39 is 0 Å². The van der Waals surface area contributed by atoms with Gasteiger partial charge in [-0.2, -0.15) is 0 Å². The van der Waals surface area contributed by atoms with Crippen LogP contribution in [0.2, 0.25) is 0 Å². The first-order chi connectivity index (χ1) is 5.63. The molecule has 0 fully saturated rings. The minimum atomic E-state index is -0.0551. The van der Waals surface area contributed by atoms with Crippen LogP contribution in [0.3, 0.4) is 0 Å². The van der Waals surface area contributed by atoms with E-state index in [1.807, 2.05) is 19.9 Å². The van der Waals surface area contributed by atoms with Gasteiger partial charge in [0.25, 0.3) is 0 Å². The second kappa shape index (κ2) is 5.53. The Balaban J connectivity index is 4.42. The van der Waals surface area contributed by atoms with Crippen molar-refractivity contribution in [2.45, 2.75) is 13.8 Å². The SMILES string of the molecule is C=C/C=C\C(C(=O)C=C)C(C)C. The zero-order valence-corrected chi connectivity index (χ0v) is 7.79. The summed E-state index contributed by atoms with van der Waals surface area (Å²) in [5.41, 5.74) is 0. The number of rotatable bonds is 5. The number of carbonyl (C=O) groups is 1. The second-order valence-corrected chi connectivity index (χ2v) is 3.00. The lowest BCUT2D eigenvalue weighted by molar-refractivity contribution is -0.117. The minimum absolute atomic E-state index is 0.0551. The molecule has 0 spiro atoms. The summed E-state index contributed by atoms with van der Waals surface area (Å²) >= 11 is 0. The Kier molecular flexibility index (Phi) is 5.02. The van der Waals surface area contributed by atoms with Gasteiger partial charge in [-0.05, 0) is 12.0 Å². The maximum atomic E-state index is 11.3. The Bertz CT molecular complexity index is 199. The molecule has 0 heterocycles. The van der Waals surface area contributed by atoms with Crippen LogP contribution in [0.1, 0.15) is 13.8 Å². The molecule has 0 aliphatic heterocycles. The summed E-state index contributed by atoms with van der Waals surface area (Å²) in [5, 5.41) is 0. The van der Waals surface area contributed by atoms with Crippen LogP contribution < -0.4 is 0 Å². The van der Waals surface area contributed by atoms with Crippen LogP contribution in [-0.2, 0) is 4.79 Å². The fourth-order valence-corrected chi connectivity index (χ4v) is 0.980. The van der Waals surface area contributed by atoms with Crippen molar-refractivity contribution in [2.75, 3.05) is 0 Å². The van der Waals surface area contributed by atoms with Gasteiger partial charge in [0, 0.05) is 5.92 Å². The van der Waals surface area contributed by atoms with Crippen LogP contribution in [0.5, 0.6) is 0 Å². The van der Waals surface area contributed by atoms with Gasteiger partial charge in [0.2, 0.25) is 0 Å². The predicted octanol–water partition coefficient (Wildman–Crippen LogP) is 2.76. The summed E-state index contributed by atoms with van der Waals surface area (Å²) in [7, 11) is 0. The standard InChI is InChI=1S/C11H16O/c1-5-7-8-10(9(3)4)11(12)6-2/h5-10H,1-2H2,3-4H3/b8-7-. The third-order valence-corrected chi connectivity index (χ3v) is 1.70. The van der Waals surface area contributed by atoms with E-state index in [-0.39, 0.29) is 11.7 Å². The van der Waals surface area contributed by atoms with Crippen LogP contribution in [0, 0.1) is 11.8 Å². The minimum Gasteiger partial charge on any atom is -0.294 e. The Morgan fingerprint density at radius 2 is 1.92 bits per heavy atom. The molecule has 66 valence electrons. The average Bonchev–Trinajstić information content (AvgIpc) is 2.04. The molecule has 0 bridgehead atoms. The van der Waals surface area contributed by atoms with Crippen LogP contribution >= 0.6 is 0 Å². The molecule has 0 aromatic carbocycles. The molecular formula is C11H16O. The molecule has 1 unspecified atom stereocenters. The topological polar surface area (TPSA) is 17.1 Å². The quantitative estimate of drug-likeness (QED) is 0.451. The Labute approximate surface area is 74.5 Å².